The van der Waals surface area contributed by atoms with Gasteiger partial charge >= 0.3 is 29.8 Å². The quantitative estimate of drug-likeness (QED) is 0.0153. The maximum absolute atomic E-state index is 14.5. The van der Waals surface area contributed by atoms with Crippen molar-refractivity contribution in [2.45, 2.75) is 299 Å². The van der Waals surface area contributed by atoms with Gasteiger partial charge in [-0.3, -0.25) is 111 Å². The smallest absolute Gasteiger partial charge is 0.326 e. The normalized spacial score (nSPS) is 14.6. The minimum absolute atomic E-state index is 0.0352. The number of aliphatic carboxylic acids is 5. The van der Waals surface area contributed by atoms with Crippen molar-refractivity contribution in [3.63, 3.8) is 0 Å². The summed E-state index contributed by atoms with van der Waals surface area (Å²) in [7, 11) is 0. The van der Waals surface area contributed by atoms with Gasteiger partial charge < -0.3 is 167 Å². The first kappa shape index (κ1) is 124. The Labute approximate surface area is 797 Å². The van der Waals surface area contributed by atoms with E-state index >= 15 is 0 Å². The number of rotatable bonds is 73. The van der Waals surface area contributed by atoms with E-state index in [0.717, 1.165) is 6.92 Å². The van der Waals surface area contributed by atoms with E-state index in [-0.39, 0.29) is 58.0 Å². The molecule has 0 aliphatic carbocycles. The molecule has 0 saturated carbocycles. The number of carboxylic acid groups (broad SMARTS) is 5. The highest BCUT2D eigenvalue weighted by Crippen LogP contribution is 2.17. The van der Waals surface area contributed by atoms with E-state index in [1.807, 2.05) is 0 Å². The van der Waals surface area contributed by atoms with Gasteiger partial charge in [-0.1, -0.05) is 48.0 Å². The largest absolute Gasteiger partial charge is 0.481 e. The third-order valence-corrected chi connectivity index (χ3v) is 20.6. The van der Waals surface area contributed by atoms with Gasteiger partial charge in [0.05, 0.1) is 26.0 Å². The fourth-order valence-electron chi connectivity index (χ4n) is 12.9. The van der Waals surface area contributed by atoms with Crippen molar-refractivity contribution in [3.05, 3.63) is 0 Å². The molecule has 21 amide bonds. The molecule has 0 rings (SSSR count). The van der Waals surface area contributed by atoms with Crippen LogP contribution in [-0.4, -0.2) is 313 Å². The van der Waals surface area contributed by atoms with Crippen molar-refractivity contribution < 1.29 is 155 Å². The van der Waals surface area contributed by atoms with Crippen LogP contribution in [0.15, 0.2) is 0 Å². The van der Waals surface area contributed by atoms with Crippen molar-refractivity contribution in [1.29, 1.82) is 5.41 Å². The van der Waals surface area contributed by atoms with Crippen molar-refractivity contribution in [2.75, 3.05) is 26.2 Å². The molecule has 17 atom stereocenters. The highest BCUT2D eigenvalue weighted by Gasteiger charge is 2.40. The molecule has 0 radical (unpaired) electrons. The molecule has 139 heavy (non-hydrogen) atoms. The zero-order valence-electron chi connectivity index (χ0n) is 78.2. The third kappa shape index (κ3) is 52.3. The molecule has 0 unspecified atom stereocenters. The molecule has 782 valence electrons. The molecule has 58 nitrogen and oxygen atoms in total. The molecule has 0 aromatic heterocycles. The Morgan fingerprint density at radius 1 is 0.295 bits per heavy atom. The zero-order chi connectivity index (χ0) is 106. The number of unbranched alkanes of at least 4 members (excludes halogenated alkanes) is 1. The standard InChI is InChI=1S/C81H136N26O32/c1-8-38(6)64(76(131)99-41(13-11-29-91-81(89)90)68(123)100-46(78(134)135)17-24-59(114)93-40(12-9-10-28-82)67(122)106-53(35-108)75(130)104-49(65(88)120)32-56(86)111)107-74(129)50(30-36(2)3)95-60(115)25-18-47(79(136)137)103-71(126)44(15-22-55(85)110)98-73(128)52(33-57(87)112)96-61(116)26-19-48(80(138)139)102-70(125)43(14-21-54(84)109)97-72(127)51(31-37(4)5)105-66(121)39(7)92-58(113)23-16-45(77(132)133)101-69(124)42(20-27-63(118)119)94-62(117)34-83/h36-53,64,108H,8-35,82-83H2,1-7H3,(H2,84,109)(H2,85,110)(H2,86,111)(H2,87,112)(H2,88,120)(H,92,113)(H,93,114)(H,94,117)(H,95,115)(H,96,116)(H,97,127)(H,98,128)(H,99,131)(H,100,123)(H,101,124)(H,102,125)(H,103,126)(H,104,130)(H,105,121)(H,106,122)(H,107,129)(H,118,119)(H,132,133)(H,134,135)(H,136,137)(H,138,139)(H4,89,90,91)/t38-,39-,40-,41-,42-,43-,44-,45-,46-,47-,48-,49-,50-,51-,52-,53-,64-/m0/s1. The maximum Gasteiger partial charge on any atom is 0.326 e. The molecule has 0 aromatic carbocycles. The average molecular weight is 1990 g/mol. The Balaban J connectivity index is 6.72. The second kappa shape index (κ2) is 65.2. The number of amides is 21. The van der Waals surface area contributed by atoms with E-state index in [1.54, 1.807) is 34.6 Å². The molecule has 0 saturated heterocycles. The molecule has 0 bridgehead atoms. The summed E-state index contributed by atoms with van der Waals surface area (Å²) in [6.07, 6.45) is -11.6. The fraction of sp³-hybridized carbons (Fsp3) is 0.667. The Morgan fingerprint density at radius 3 is 0.957 bits per heavy atom. The van der Waals surface area contributed by atoms with Crippen LogP contribution in [0, 0.1) is 23.2 Å². The summed E-state index contributed by atoms with van der Waals surface area (Å²) >= 11 is 0. The number of primary amides is 5. The third-order valence-electron chi connectivity index (χ3n) is 20.6. The SMILES string of the molecule is CC[C@H](C)[C@H](NC(=O)[C@H](CC(C)C)NC(=O)CC[C@H](NC(=O)[C@H](CCC(N)=O)NC(=O)[C@H](CC(N)=O)NC(=O)CC[C@H](NC(=O)[C@H](CCC(N)=O)NC(=O)[C@H](CC(C)C)NC(=O)[C@H](C)NC(=O)CC[C@H](NC(=O)[C@H](CCC(=O)O)NC(=O)CN)C(=O)O)C(=O)O)C(=O)O)C(=O)N[C@@H](CCCNC(=N)N)C(=O)N[C@@H](CCC(=O)N[C@@H](CCCCN)C(=O)N[C@@H](CO)C(=O)N[C@@H](CC(N)=O)C(N)=O)C(=O)O. The summed E-state index contributed by atoms with van der Waals surface area (Å²) in [5, 5.41) is 106. The Bertz CT molecular complexity index is 4330. The lowest BCUT2D eigenvalue weighted by Crippen LogP contribution is -2.59. The molecule has 0 heterocycles. The molecule has 0 aliphatic rings. The second-order valence-electron chi connectivity index (χ2n) is 33.4. The Morgan fingerprint density at radius 2 is 0.590 bits per heavy atom. The van der Waals surface area contributed by atoms with Gasteiger partial charge in [-0.25, -0.2) is 19.2 Å². The van der Waals surface area contributed by atoms with Crippen LogP contribution in [0.1, 0.15) is 203 Å². The van der Waals surface area contributed by atoms with Crippen molar-refractivity contribution in [2.24, 2.45) is 63.6 Å². The number of carbonyl (C=O) groups excluding carboxylic acids is 21. The predicted octanol–water partition coefficient (Wildman–Crippen LogP) is -12.7. The number of hydrogen-bond acceptors (Lipinski definition) is 30. The van der Waals surface area contributed by atoms with Crippen LogP contribution >= 0.6 is 0 Å². The van der Waals surface area contributed by atoms with Crippen LogP contribution in [-0.2, 0) is 125 Å². The lowest BCUT2D eigenvalue weighted by Gasteiger charge is -2.29. The van der Waals surface area contributed by atoms with Crippen LogP contribution in [0.3, 0.4) is 0 Å². The average Bonchev–Trinajstić information content (AvgIpc) is 0.847. The fourth-order valence-corrected chi connectivity index (χ4v) is 12.9. The van der Waals surface area contributed by atoms with Gasteiger partial charge in [0.25, 0.3) is 0 Å². The number of aliphatic hydroxyl groups excluding tert-OH is 1. The monoisotopic (exact) mass is 1980 g/mol. The van der Waals surface area contributed by atoms with Gasteiger partial charge in [-0.2, -0.15) is 0 Å². The van der Waals surface area contributed by atoms with Gasteiger partial charge in [0, 0.05) is 51.5 Å². The van der Waals surface area contributed by atoms with Crippen molar-refractivity contribution in [3.8, 4) is 0 Å². The van der Waals surface area contributed by atoms with Crippen LogP contribution in [0.25, 0.3) is 0 Å². The summed E-state index contributed by atoms with van der Waals surface area (Å²) in [4.78, 5) is 339. The molecule has 0 aromatic rings. The Kier molecular flexibility index (Phi) is 58.3. The minimum Gasteiger partial charge on any atom is -0.481 e. The van der Waals surface area contributed by atoms with Gasteiger partial charge in [-0.15, -0.1) is 0 Å². The number of nitrogens with one attached hydrogen (secondary N) is 18. The summed E-state index contributed by atoms with van der Waals surface area (Å²) in [5.41, 5.74) is 42.8. The first-order valence-electron chi connectivity index (χ1n) is 44.4. The van der Waals surface area contributed by atoms with Crippen molar-refractivity contribution >= 4 is 160 Å². The summed E-state index contributed by atoms with van der Waals surface area (Å²) in [5.74, 6) is -33.8. The van der Waals surface area contributed by atoms with Crippen LogP contribution < -0.4 is 136 Å². The minimum atomic E-state index is -2.05. The van der Waals surface area contributed by atoms with Gasteiger partial charge in [0.1, 0.15) is 96.7 Å². The van der Waals surface area contributed by atoms with Crippen LogP contribution in [0.2, 0.25) is 0 Å². The van der Waals surface area contributed by atoms with Crippen LogP contribution in [0.5, 0.6) is 0 Å². The van der Waals surface area contributed by atoms with E-state index in [4.69, 9.17) is 56.4 Å². The number of guanidine groups is 1. The molecule has 0 aliphatic heterocycles. The van der Waals surface area contributed by atoms with Gasteiger partial charge in [0.2, 0.25) is 124 Å². The lowest BCUT2D eigenvalue weighted by molar-refractivity contribution is -0.143. The summed E-state index contributed by atoms with van der Waals surface area (Å²) < 4.78 is 0. The second-order valence-corrected chi connectivity index (χ2v) is 33.4. The van der Waals surface area contributed by atoms with Crippen LogP contribution in [0.4, 0.5) is 0 Å². The van der Waals surface area contributed by atoms with E-state index in [2.05, 4.69) is 90.4 Å². The molecule has 58 heteroatoms. The topological polar surface area (TPSA) is 1000 Å². The molecular weight excluding hydrogens is 1850 g/mol. The van der Waals surface area contributed by atoms with E-state index < -0.39 is 390 Å². The predicted molar refractivity (Wildman–Crippen MR) is 481 cm³/mol. The number of hydrogen-bond donors (Lipinski definition) is 32. The molecule has 0 spiro atoms. The first-order valence-corrected chi connectivity index (χ1v) is 44.4. The number of nitrogens with two attached hydrogens (primary N) is 8. The highest BCUT2D eigenvalue weighted by molar-refractivity contribution is 6.01. The first-order chi connectivity index (χ1) is 64.9. The zero-order valence-corrected chi connectivity index (χ0v) is 78.2. The van der Waals surface area contributed by atoms with E-state index in [9.17, 15) is 150 Å². The Hall–Kier alpha value is -14.6. The molecule has 0 fully saturated rings. The number of carbonyl (C=O) groups is 26. The van der Waals surface area contributed by atoms with Gasteiger partial charge in [-0.05, 0) is 121 Å². The summed E-state index contributed by atoms with van der Waals surface area (Å²) in [6, 6.07) is -27.7. The van der Waals surface area contributed by atoms with Crippen molar-refractivity contribution in [1.82, 2.24) is 90.4 Å². The maximum atomic E-state index is 14.5. The molecule has 40 N–H and O–H groups in total. The van der Waals surface area contributed by atoms with Gasteiger partial charge in [0.15, 0.2) is 5.96 Å². The highest BCUT2D eigenvalue weighted by atomic mass is 16.4. The van der Waals surface area contributed by atoms with E-state index in [0.29, 0.717) is 6.42 Å². The van der Waals surface area contributed by atoms with E-state index in [1.165, 1.54) is 6.92 Å². The number of carboxylic acids is 5. The molecular formula is C81H136N26O32. The number of aliphatic hydroxyl groups is 1. The summed E-state index contributed by atoms with van der Waals surface area (Å²) in [6.45, 7) is 9.19. The lowest BCUT2D eigenvalue weighted by atomic mass is 9.96.